The van der Waals surface area contributed by atoms with E-state index in [1.807, 2.05) is 31.2 Å². The van der Waals surface area contributed by atoms with Gasteiger partial charge in [0.25, 0.3) is 0 Å². The molecule has 0 bridgehead atoms. The SMILES string of the molecule is CCC1CNCCC1(Nc1ccc(OC)cc1)C(=O)O. The van der Waals surface area contributed by atoms with Gasteiger partial charge in [-0.25, -0.2) is 4.79 Å². The van der Waals surface area contributed by atoms with Gasteiger partial charge in [-0.15, -0.1) is 0 Å². The number of piperidine rings is 1. The summed E-state index contributed by atoms with van der Waals surface area (Å²) in [6.07, 6.45) is 1.40. The van der Waals surface area contributed by atoms with E-state index < -0.39 is 11.5 Å². The van der Waals surface area contributed by atoms with Crippen LogP contribution in [0.4, 0.5) is 5.69 Å². The minimum absolute atomic E-state index is 0.0656. The molecule has 1 aromatic rings. The lowest BCUT2D eigenvalue weighted by molar-refractivity contribution is -0.145. The number of benzene rings is 1. The lowest BCUT2D eigenvalue weighted by Gasteiger charge is -2.42. The third kappa shape index (κ3) is 2.72. The van der Waals surface area contributed by atoms with Gasteiger partial charge in [0.05, 0.1) is 7.11 Å². The van der Waals surface area contributed by atoms with E-state index in [9.17, 15) is 9.90 Å². The Balaban J connectivity index is 2.25. The molecule has 1 aromatic carbocycles. The molecule has 2 atom stereocenters. The van der Waals surface area contributed by atoms with Crippen molar-refractivity contribution in [3.63, 3.8) is 0 Å². The minimum atomic E-state index is -0.894. The van der Waals surface area contributed by atoms with Gasteiger partial charge in [0.2, 0.25) is 0 Å². The Morgan fingerprint density at radius 2 is 2.20 bits per heavy atom. The van der Waals surface area contributed by atoms with E-state index in [0.717, 1.165) is 24.4 Å². The summed E-state index contributed by atoms with van der Waals surface area (Å²) < 4.78 is 5.12. The van der Waals surface area contributed by atoms with E-state index >= 15 is 0 Å². The normalized spacial score (nSPS) is 26.0. The highest BCUT2D eigenvalue weighted by atomic mass is 16.5. The van der Waals surface area contributed by atoms with Gasteiger partial charge in [-0.2, -0.15) is 0 Å². The van der Waals surface area contributed by atoms with Crippen LogP contribution in [0.5, 0.6) is 5.75 Å². The van der Waals surface area contributed by atoms with Crippen LogP contribution in [0.15, 0.2) is 24.3 Å². The molecule has 0 aromatic heterocycles. The molecule has 1 fully saturated rings. The Hall–Kier alpha value is -1.75. The van der Waals surface area contributed by atoms with E-state index in [2.05, 4.69) is 10.6 Å². The minimum Gasteiger partial charge on any atom is -0.497 e. The second-order valence-corrected chi connectivity index (χ2v) is 5.19. The third-order valence-corrected chi connectivity index (χ3v) is 4.12. The summed E-state index contributed by atoms with van der Waals surface area (Å²) in [6.45, 7) is 3.48. The molecular weight excluding hydrogens is 256 g/mol. The van der Waals surface area contributed by atoms with Crippen molar-refractivity contribution in [2.24, 2.45) is 5.92 Å². The fourth-order valence-electron chi connectivity index (χ4n) is 2.86. The molecular formula is C15H22N2O3. The second-order valence-electron chi connectivity index (χ2n) is 5.19. The zero-order valence-electron chi connectivity index (χ0n) is 12.0. The number of carboxylic acids is 1. The Morgan fingerprint density at radius 1 is 1.50 bits per heavy atom. The highest BCUT2D eigenvalue weighted by Crippen LogP contribution is 2.32. The molecule has 0 amide bonds. The molecule has 1 heterocycles. The molecule has 0 radical (unpaired) electrons. The number of carbonyl (C=O) groups is 1. The molecule has 0 spiro atoms. The summed E-state index contributed by atoms with van der Waals surface area (Å²) in [7, 11) is 1.61. The van der Waals surface area contributed by atoms with E-state index in [1.165, 1.54) is 0 Å². The molecule has 1 aliphatic heterocycles. The maximum absolute atomic E-state index is 11.9. The Bertz CT molecular complexity index is 461. The fourth-order valence-corrected chi connectivity index (χ4v) is 2.86. The fraction of sp³-hybridized carbons (Fsp3) is 0.533. The van der Waals surface area contributed by atoms with Gasteiger partial charge in [0.1, 0.15) is 11.3 Å². The smallest absolute Gasteiger partial charge is 0.329 e. The topological polar surface area (TPSA) is 70.6 Å². The Kier molecular flexibility index (Phi) is 4.49. The van der Waals surface area contributed by atoms with E-state index in [-0.39, 0.29) is 5.92 Å². The van der Waals surface area contributed by atoms with Gasteiger partial charge in [-0.05, 0) is 43.7 Å². The first-order valence-corrected chi connectivity index (χ1v) is 6.98. The molecule has 3 N–H and O–H groups in total. The van der Waals surface area contributed by atoms with Crippen LogP contribution in [-0.2, 0) is 4.79 Å². The number of hydrogen-bond donors (Lipinski definition) is 3. The maximum atomic E-state index is 11.9. The number of ether oxygens (including phenoxy) is 1. The van der Waals surface area contributed by atoms with Crippen LogP contribution in [-0.4, -0.2) is 36.8 Å². The average Bonchev–Trinajstić information content (AvgIpc) is 2.48. The molecule has 1 saturated heterocycles. The predicted molar refractivity (Wildman–Crippen MR) is 78.3 cm³/mol. The quantitative estimate of drug-likeness (QED) is 0.768. The molecule has 110 valence electrons. The zero-order valence-corrected chi connectivity index (χ0v) is 12.0. The summed E-state index contributed by atoms with van der Waals surface area (Å²) in [6, 6.07) is 7.39. The van der Waals surface area contributed by atoms with Crippen LogP contribution in [0, 0.1) is 5.92 Å². The van der Waals surface area contributed by atoms with Crippen molar-refractivity contribution in [3.8, 4) is 5.75 Å². The highest BCUT2D eigenvalue weighted by molar-refractivity contribution is 5.83. The average molecular weight is 278 g/mol. The highest BCUT2D eigenvalue weighted by Gasteiger charge is 2.46. The van der Waals surface area contributed by atoms with Crippen LogP contribution in [0.25, 0.3) is 0 Å². The van der Waals surface area contributed by atoms with Crippen molar-refractivity contribution in [3.05, 3.63) is 24.3 Å². The molecule has 5 nitrogen and oxygen atoms in total. The lowest BCUT2D eigenvalue weighted by atomic mass is 9.76. The van der Waals surface area contributed by atoms with Crippen molar-refractivity contribution in [2.45, 2.75) is 25.3 Å². The molecule has 1 aliphatic rings. The van der Waals surface area contributed by atoms with E-state index in [0.29, 0.717) is 13.0 Å². The molecule has 20 heavy (non-hydrogen) atoms. The standard InChI is InChI=1S/C15H22N2O3/c1-3-11-10-16-9-8-15(11,14(18)19)17-12-4-6-13(20-2)7-5-12/h4-7,11,16-17H,3,8-10H2,1-2H3,(H,18,19). The first-order valence-electron chi connectivity index (χ1n) is 6.98. The first-order chi connectivity index (χ1) is 9.62. The summed E-state index contributed by atoms with van der Waals surface area (Å²) in [4.78, 5) is 11.9. The number of rotatable bonds is 5. The number of methoxy groups -OCH3 is 1. The van der Waals surface area contributed by atoms with Gasteiger partial charge < -0.3 is 20.5 Å². The Labute approximate surface area is 119 Å². The van der Waals surface area contributed by atoms with Gasteiger partial charge >= 0.3 is 5.97 Å². The summed E-state index contributed by atoms with van der Waals surface area (Å²) >= 11 is 0. The Morgan fingerprint density at radius 3 is 2.75 bits per heavy atom. The van der Waals surface area contributed by atoms with Crippen LogP contribution in [0.3, 0.4) is 0 Å². The van der Waals surface area contributed by atoms with Crippen LogP contribution in [0.2, 0.25) is 0 Å². The summed E-state index contributed by atoms with van der Waals surface area (Å²) in [5, 5.41) is 16.3. The van der Waals surface area contributed by atoms with E-state index in [1.54, 1.807) is 7.11 Å². The van der Waals surface area contributed by atoms with Gasteiger partial charge in [-0.1, -0.05) is 6.92 Å². The number of carboxylic acid groups (broad SMARTS) is 1. The van der Waals surface area contributed by atoms with Crippen molar-refractivity contribution in [1.82, 2.24) is 5.32 Å². The molecule has 5 heteroatoms. The number of hydrogen-bond acceptors (Lipinski definition) is 4. The molecule has 0 saturated carbocycles. The molecule has 2 unspecified atom stereocenters. The number of nitrogens with one attached hydrogen (secondary N) is 2. The monoisotopic (exact) mass is 278 g/mol. The van der Waals surface area contributed by atoms with Gasteiger partial charge in [-0.3, -0.25) is 0 Å². The first kappa shape index (κ1) is 14.7. The van der Waals surface area contributed by atoms with Crippen LogP contribution in [0.1, 0.15) is 19.8 Å². The molecule has 0 aliphatic carbocycles. The summed E-state index contributed by atoms with van der Waals surface area (Å²) in [5.41, 5.74) is -0.0808. The lowest BCUT2D eigenvalue weighted by Crippen LogP contribution is -2.59. The summed E-state index contributed by atoms with van der Waals surface area (Å²) in [5.74, 6) is 0.0507. The van der Waals surface area contributed by atoms with Crippen molar-refractivity contribution in [1.29, 1.82) is 0 Å². The predicted octanol–water partition coefficient (Wildman–Crippen LogP) is 1.95. The van der Waals surface area contributed by atoms with E-state index in [4.69, 9.17) is 4.74 Å². The van der Waals surface area contributed by atoms with Crippen molar-refractivity contribution < 1.29 is 14.6 Å². The van der Waals surface area contributed by atoms with Crippen molar-refractivity contribution in [2.75, 3.05) is 25.5 Å². The largest absolute Gasteiger partial charge is 0.497 e. The van der Waals surface area contributed by atoms with Crippen LogP contribution < -0.4 is 15.4 Å². The second kappa shape index (κ2) is 6.13. The maximum Gasteiger partial charge on any atom is 0.329 e. The number of aliphatic carboxylic acids is 1. The zero-order chi connectivity index (χ0) is 14.6. The van der Waals surface area contributed by atoms with Gasteiger partial charge in [0.15, 0.2) is 0 Å². The van der Waals surface area contributed by atoms with Crippen molar-refractivity contribution >= 4 is 11.7 Å². The molecule has 2 rings (SSSR count). The van der Waals surface area contributed by atoms with Gasteiger partial charge in [0, 0.05) is 18.2 Å². The van der Waals surface area contributed by atoms with Crippen LogP contribution >= 0.6 is 0 Å². The number of anilines is 1. The third-order valence-electron chi connectivity index (χ3n) is 4.12.